The van der Waals surface area contributed by atoms with Gasteiger partial charge in [0.05, 0.1) is 22.7 Å². The first-order valence-electron chi connectivity index (χ1n) is 5.35. The van der Waals surface area contributed by atoms with Gasteiger partial charge in [-0.3, -0.25) is 10.1 Å². The van der Waals surface area contributed by atoms with Gasteiger partial charge in [0.1, 0.15) is 23.3 Å². The van der Waals surface area contributed by atoms with E-state index in [9.17, 15) is 18.9 Å². The van der Waals surface area contributed by atoms with Crippen LogP contribution in [-0.2, 0) is 0 Å². The molecule has 9 heteroatoms. The molecule has 2 aromatic rings. The highest BCUT2D eigenvalue weighted by atomic mass is 19.1. The second-order valence-electron chi connectivity index (χ2n) is 3.75. The molecular formula is C11H9F2N5O2. The van der Waals surface area contributed by atoms with Gasteiger partial charge in [-0.1, -0.05) is 0 Å². The molecule has 2 rings (SSSR count). The zero-order valence-electron chi connectivity index (χ0n) is 9.93. The van der Waals surface area contributed by atoms with Crippen molar-refractivity contribution in [3.63, 3.8) is 0 Å². The van der Waals surface area contributed by atoms with Crippen LogP contribution in [0.15, 0.2) is 30.3 Å². The molecular weight excluding hydrogens is 272 g/mol. The van der Waals surface area contributed by atoms with E-state index in [2.05, 4.69) is 15.7 Å². The van der Waals surface area contributed by atoms with Crippen molar-refractivity contribution < 1.29 is 13.7 Å². The predicted octanol–water partition coefficient (Wildman–Crippen LogP) is 2.30. The number of nitrogens with two attached hydrogens (primary N) is 1. The van der Waals surface area contributed by atoms with E-state index in [0.717, 1.165) is 30.3 Å². The summed E-state index contributed by atoms with van der Waals surface area (Å²) < 4.78 is 26.5. The zero-order valence-corrected chi connectivity index (χ0v) is 9.93. The Bertz CT molecular complexity index is 665. The summed E-state index contributed by atoms with van der Waals surface area (Å²) in [6.45, 7) is 0. The summed E-state index contributed by atoms with van der Waals surface area (Å²) in [6, 6.07) is 4.97. The first-order valence-corrected chi connectivity index (χ1v) is 5.35. The van der Waals surface area contributed by atoms with Crippen LogP contribution in [0, 0.1) is 21.7 Å². The fourth-order valence-corrected chi connectivity index (χ4v) is 1.49. The normalized spacial score (nSPS) is 10.2. The van der Waals surface area contributed by atoms with Gasteiger partial charge in [-0.05, 0) is 12.1 Å². The molecule has 0 aliphatic rings. The minimum atomic E-state index is -0.720. The quantitative estimate of drug-likeness (QED) is 0.451. The largest absolute Gasteiger partial charge is 0.337 e. The lowest BCUT2D eigenvalue weighted by Gasteiger charge is -2.08. The zero-order chi connectivity index (χ0) is 14.7. The molecule has 0 bridgehead atoms. The molecule has 0 amide bonds. The van der Waals surface area contributed by atoms with Gasteiger partial charge in [0.25, 0.3) is 5.69 Å². The number of hydrogen-bond acceptors (Lipinski definition) is 6. The van der Waals surface area contributed by atoms with Gasteiger partial charge in [0, 0.05) is 6.07 Å². The number of rotatable bonds is 4. The average molecular weight is 281 g/mol. The predicted molar refractivity (Wildman–Crippen MR) is 68.3 cm³/mol. The van der Waals surface area contributed by atoms with E-state index >= 15 is 0 Å². The SMILES string of the molecule is NNc1cc([N+](=O)[O-])cc(Nc2cc(F)ccc2F)n1. The van der Waals surface area contributed by atoms with Crippen LogP contribution in [0.5, 0.6) is 0 Å². The second kappa shape index (κ2) is 5.45. The Morgan fingerprint density at radius 3 is 2.55 bits per heavy atom. The highest BCUT2D eigenvalue weighted by Crippen LogP contribution is 2.24. The summed E-state index contributed by atoms with van der Waals surface area (Å²) in [4.78, 5) is 13.9. The van der Waals surface area contributed by atoms with Crippen LogP contribution in [0.2, 0.25) is 0 Å². The molecule has 4 N–H and O–H groups in total. The van der Waals surface area contributed by atoms with E-state index in [-0.39, 0.29) is 23.0 Å². The first kappa shape index (κ1) is 13.6. The van der Waals surface area contributed by atoms with E-state index in [1.54, 1.807) is 0 Å². The van der Waals surface area contributed by atoms with Crippen LogP contribution < -0.4 is 16.6 Å². The molecule has 1 aromatic heterocycles. The number of anilines is 3. The minimum absolute atomic E-state index is 0.0125. The van der Waals surface area contributed by atoms with Gasteiger partial charge in [-0.25, -0.2) is 19.6 Å². The van der Waals surface area contributed by atoms with Gasteiger partial charge < -0.3 is 10.7 Å². The standard InChI is InChI=1S/C11H9F2N5O2/c12-6-1-2-8(13)9(3-6)15-10-4-7(18(19)20)5-11(16-10)17-14/h1-5H,14H2,(H2,15,16,17). The Hall–Kier alpha value is -2.81. The highest BCUT2D eigenvalue weighted by molar-refractivity contribution is 5.62. The number of halogens is 2. The number of benzene rings is 1. The third-order valence-electron chi connectivity index (χ3n) is 2.36. The molecule has 1 aromatic carbocycles. The number of nitrogen functional groups attached to an aromatic ring is 1. The third kappa shape index (κ3) is 2.95. The number of aromatic nitrogens is 1. The van der Waals surface area contributed by atoms with Gasteiger partial charge in [0.2, 0.25) is 0 Å². The number of pyridine rings is 1. The van der Waals surface area contributed by atoms with Crippen LogP contribution >= 0.6 is 0 Å². The summed E-state index contributed by atoms with van der Waals surface area (Å²) in [7, 11) is 0. The summed E-state index contributed by atoms with van der Waals surface area (Å²) >= 11 is 0. The maximum absolute atomic E-state index is 13.5. The number of nitrogens with one attached hydrogen (secondary N) is 2. The molecule has 0 aliphatic heterocycles. The smallest absolute Gasteiger partial charge is 0.276 e. The lowest BCUT2D eigenvalue weighted by molar-refractivity contribution is -0.384. The molecule has 0 saturated heterocycles. The molecule has 7 nitrogen and oxygen atoms in total. The average Bonchev–Trinajstić information content (AvgIpc) is 2.42. The molecule has 0 radical (unpaired) electrons. The number of nitrogens with zero attached hydrogens (tertiary/aromatic N) is 2. The molecule has 0 saturated carbocycles. The van der Waals surface area contributed by atoms with Crippen molar-refractivity contribution in [2.45, 2.75) is 0 Å². The van der Waals surface area contributed by atoms with Crippen molar-refractivity contribution >= 4 is 23.0 Å². The molecule has 104 valence electrons. The maximum atomic E-state index is 13.5. The summed E-state index contributed by atoms with van der Waals surface area (Å²) in [5, 5.41) is 13.2. The lowest BCUT2D eigenvalue weighted by Crippen LogP contribution is -2.10. The molecule has 1 heterocycles. The summed E-state index contributed by atoms with van der Waals surface area (Å²) in [5.41, 5.74) is 1.66. The number of hydrogen-bond donors (Lipinski definition) is 3. The Kier molecular flexibility index (Phi) is 3.71. The van der Waals surface area contributed by atoms with E-state index in [1.807, 2.05) is 0 Å². The molecule has 0 aliphatic carbocycles. The Morgan fingerprint density at radius 2 is 1.90 bits per heavy atom. The van der Waals surface area contributed by atoms with Gasteiger partial charge in [0.15, 0.2) is 0 Å². The Morgan fingerprint density at radius 1 is 1.20 bits per heavy atom. The fraction of sp³-hybridized carbons (Fsp3) is 0. The molecule has 20 heavy (non-hydrogen) atoms. The maximum Gasteiger partial charge on any atom is 0.276 e. The minimum Gasteiger partial charge on any atom is -0.337 e. The topological polar surface area (TPSA) is 106 Å². The first-order chi connectivity index (χ1) is 9.49. The van der Waals surface area contributed by atoms with Crippen LogP contribution in [-0.4, -0.2) is 9.91 Å². The molecule has 0 atom stereocenters. The van der Waals surface area contributed by atoms with Crippen LogP contribution in [0.1, 0.15) is 0 Å². The molecule has 0 fully saturated rings. The highest BCUT2D eigenvalue weighted by Gasteiger charge is 2.12. The van der Waals surface area contributed by atoms with Gasteiger partial charge >= 0.3 is 0 Å². The van der Waals surface area contributed by atoms with Crippen molar-refractivity contribution in [3.8, 4) is 0 Å². The van der Waals surface area contributed by atoms with E-state index in [1.165, 1.54) is 0 Å². The van der Waals surface area contributed by atoms with Crippen molar-refractivity contribution in [1.82, 2.24) is 4.98 Å². The van der Waals surface area contributed by atoms with Crippen LogP contribution in [0.25, 0.3) is 0 Å². The monoisotopic (exact) mass is 281 g/mol. The summed E-state index contributed by atoms with van der Waals surface area (Å²) in [5.74, 6) is 3.73. The fourth-order valence-electron chi connectivity index (χ4n) is 1.49. The second-order valence-corrected chi connectivity index (χ2v) is 3.75. The van der Waals surface area contributed by atoms with Gasteiger partial charge in [-0.2, -0.15) is 0 Å². The number of nitro groups is 1. The van der Waals surface area contributed by atoms with Crippen LogP contribution in [0.4, 0.5) is 31.8 Å². The Balaban J connectivity index is 2.39. The Labute approximate surface area is 111 Å². The van der Waals surface area contributed by atoms with E-state index in [0.29, 0.717) is 0 Å². The van der Waals surface area contributed by atoms with Crippen molar-refractivity contribution in [2.75, 3.05) is 10.7 Å². The molecule has 0 spiro atoms. The van der Waals surface area contributed by atoms with Crippen molar-refractivity contribution in [3.05, 3.63) is 52.1 Å². The van der Waals surface area contributed by atoms with Gasteiger partial charge in [-0.15, -0.1) is 0 Å². The summed E-state index contributed by atoms with van der Waals surface area (Å²) in [6.07, 6.45) is 0. The van der Waals surface area contributed by atoms with Crippen LogP contribution in [0.3, 0.4) is 0 Å². The third-order valence-corrected chi connectivity index (χ3v) is 2.36. The van der Waals surface area contributed by atoms with E-state index < -0.39 is 16.6 Å². The number of hydrazine groups is 1. The van der Waals surface area contributed by atoms with Crippen molar-refractivity contribution in [2.24, 2.45) is 5.84 Å². The molecule has 0 unspecified atom stereocenters. The van der Waals surface area contributed by atoms with Crippen molar-refractivity contribution in [1.29, 1.82) is 0 Å². The van der Waals surface area contributed by atoms with E-state index in [4.69, 9.17) is 5.84 Å². The lowest BCUT2D eigenvalue weighted by atomic mass is 10.3.